The number of rotatable bonds is 6. The molecule has 0 aromatic heterocycles. The largest absolute Gasteiger partial charge is 0.318 e. The summed E-state index contributed by atoms with van der Waals surface area (Å²) < 4.78 is 0. The summed E-state index contributed by atoms with van der Waals surface area (Å²) in [7, 11) is 0. The molecule has 0 bridgehead atoms. The number of nitrogens with one attached hydrogen (secondary N) is 3. The van der Waals surface area contributed by atoms with Crippen LogP contribution < -0.4 is 27.4 Å². The molecule has 0 aliphatic rings. The van der Waals surface area contributed by atoms with Gasteiger partial charge in [0.05, 0.1) is 6.17 Å². The fourth-order valence-corrected chi connectivity index (χ4v) is 0.546. The van der Waals surface area contributed by atoms with Gasteiger partial charge in [0.2, 0.25) is 0 Å². The molecule has 7 N–H and O–H groups in total. The van der Waals surface area contributed by atoms with Gasteiger partial charge in [0.25, 0.3) is 0 Å². The zero-order valence-corrected chi connectivity index (χ0v) is 6.35. The molecular formula is C5H17N5. The topological polar surface area (TPSA) is 88.1 Å². The Kier molecular flexibility index (Phi) is 6.78. The standard InChI is InChI=1S/C5H17N5/c1-5(9-3-7)10-4-8-2-6/h5,8-10H,2-4,6-7H2,1H3. The summed E-state index contributed by atoms with van der Waals surface area (Å²) in [5.74, 6) is 0. The second-order valence-corrected chi connectivity index (χ2v) is 1.96. The Bertz CT molecular complexity index is 67.1. The third-order valence-electron chi connectivity index (χ3n) is 1.10. The van der Waals surface area contributed by atoms with Gasteiger partial charge in [0.15, 0.2) is 0 Å². The average Bonchev–Trinajstić information content (AvgIpc) is 1.89. The first-order valence-electron chi connectivity index (χ1n) is 3.39. The molecule has 10 heavy (non-hydrogen) atoms. The molecule has 0 spiro atoms. The van der Waals surface area contributed by atoms with Gasteiger partial charge in [-0.3, -0.25) is 16.0 Å². The van der Waals surface area contributed by atoms with Gasteiger partial charge in [0, 0.05) is 20.0 Å². The Labute approximate surface area is 61.5 Å². The number of hydrogen-bond donors (Lipinski definition) is 5. The molecule has 0 aliphatic heterocycles. The zero-order valence-electron chi connectivity index (χ0n) is 6.35. The first-order chi connectivity index (χ1) is 4.81. The van der Waals surface area contributed by atoms with Crippen LogP contribution in [0.2, 0.25) is 0 Å². The summed E-state index contributed by atoms with van der Waals surface area (Å²) in [5, 5.41) is 9.02. The van der Waals surface area contributed by atoms with E-state index in [4.69, 9.17) is 11.5 Å². The third-order valence-corrected chi connectivity index (χ3v) is 1.10. The van der Waals surface area contributed by atoms with Crippen molar-refractivity contribution in [3.8, 4) is 0 Å². The highest BCUT2D eigenvalue weighted by molar-refractivity contribution is 4.53. The highest BCUT2D eigenvalue weighted by Gasteiger charge is 1.94. The molecule has 1 atom stereocenters. The summed E-state index contributed by atoms with van der Waals surface area (Å²) in [6, 6.07) is 0. The Morgan fingerprint density at radius 3 is 2.40 bits per heavy atom. The normalized spacial score (nSPS) is 13.5. The fourth-order valence-electron chi connectivity index (χ4n) is 0.546. The minimum absolute atomic E-state index is 0.226. The van der Waals surface area contributed by atoms with E-state index in [1.165, 1.54) is 0 Å². The molecular weight excluding hydrogens is 130 g/mol. The van der Waals surface area contributed by atoms with Gasteiger partial charge in [-0.05, 0) is 6.92 Å². The predicted molar refractivity (Wildman–Crippen MR) is 41.8 cm³/mol. The minimum atomic E-state index is 0.226. The van der Waals surface area contributed by atoms with Crippen LogP contribution in [0.5, 0.6) is 0 Å². The SMILES string of the molecule is CC(NCN)NCNCN. The van der Waals surface area contributed by atoms with Crippen LogP contribution >= 0.6 is 0 Å². The van der Waals surface area contributed by atoms with Crippen molar-refractivity contribution in [2.24, 2.45) is 11.5 Å². The van der Waals surface area contributed by atoms with E-state index in [-0.39, 0.29) is 6.17 Å². The molecule has 0 aliphatic carbocycles. The first-order valence-corrected chi connectivity index (χ1v) is 3.39. The van der Waals surface area contributed by atoms with Crippen LogP contribution in [0.3, 0.4) is 0 Å². The highest BCUT2D eigenvalue weighted by atomic mass is 15.2. The van der Waals surface area contributed by atoms with Crippen LogP contribution in [0.15, 0.2) is 0 Å². The van der Waals surface area contributed by atoms with Gasteiger partial charge in [-0.25, -0.2) is 0 Å². The van der Waals surface area contributed by atoms with Crippen LogP contribution in [-0.2, 0) is 0 Å². The van der Waals surface area contributed by atoms with E-state index >= 15 is 0 Å². The van der Waals surface area contributed by atoms with Gasteiger partial charge in [-0.15, -0.1) is 0 Å². The van der Waals surface area contributed by atoms with Gasteiger partial charge in [0.1, 0.15) is 0 Å². The summed E-state index contributed by atoms with van der Waals surface area (Å²) >= 11 is 0. The Morgan fingerprint density at radius 1 is 1.20 bits per heavy atom. The molecule has 0 radical (unpaired) electrons. The summed E-state index contributed by atoms with van der Waals surface area (Å²) in [6.07, 6.45) is 0.226. The molecule has 0 saturated carbocycles. The zero-order chi connectivity index (χ0) is 7.82. The van der Waals surface area contributed by atoms with Gasteiger partial charge >= 0.3 is 0 Å². The van der Waals surface area contributed by atoms with Gasteiger partial charge in [-0.2, -0.15) is 0 Å². The molecule has 0 amide bonds. The van der Waals surface area contributed by atoms with Crippen LogP contribution in [-0.4, -0.2) is 26.2 Å². The van der Waals surface area contributed by atoms with Crippen LogP contribution in [0.1, 0.15) is 6.92 Å². The lowest BCUT2D eigenvalue weighted by atomic mass is 10.5. The van der Waals surface area contributed by atoms with Crippen molar-refractivity contribution in [3.05, 3.63) is 0 Å². The van der Waals surface area contributed by atoms with E-state index in [9.17, 15) is 0 Å². The lowest BCUT2D eigenvalue weighted by Crippen LogP contribution is -2.46. The van der Waals surface area contributed by atoms with Gasteiger partial charge < -0.3 is 11.5 Å². The van der Waals surface area contributed by atoms with E-state index in [0.717, 1.165) is 0 Å². The molecule has 0 fully saturated rings. The fraction of sp³-hybridized carbons (Fsp3) is 1.00. The first kappa shape index (κ1) is 9.80. The molecule has 0 heterocycles. The van der Waals surface area contributed by atoms with E-state index in [0.29, 0.717) is 20.0 Å². The summed E-state index contributed by atoms with van der Waals surface area (Å²) in [4.78, 5) is 0. The minimum Gasteiger partial charge on any atom is -0.318 e. The molecule has 0 aromatic rings. The summed E-state index contributed by atoms with van der Waals surface area (Å²) in [6.45, 7) is 3.66. The maximum atomic E-state index is 5.24. The predicted octanol–water partition coefficient (Wildman–Crippen LogP) is -2.11. The molecule has 5 heteroatoms. The lowest BCUT2D eigenvalue weighted by molar-refractivity contribution is 0.439. The van der Waals surface area contributed by atoms with Crippen molar-refractivity contribution in [2.45, 2.75) is 13.1 Å². The van der Waals surface area contributed by atoms with Crippen molar-refractivity contribution in [1.82, 2.24) is 16.0 Å². The average molecular weight is 147 g/mol. The van der Waals surface area contributed by atoms with Crippen molar-refractivity contribution in [3.63, 3.8) is 0 Å². The number of hydrogen-bond acceptors (Lipinski definition) is 5. The molecule has 0 aromatic carbocycles. The molecule has 5 nitrogen and oxygen atoms in total. The smallest absolute Gasteiger partial charge is 0.0562 e. The third kappa shape index (κ3) is 5.93. The van der Waals surface area contributed by atoms with Crippen molar-refractivity contribution in [2.75, 3.05) is 20.0 Å². The molecule has 0 rings (SSSR count). The maximum absolute atomic E-state index is 5.24. The Hall–Kier alpha value is -0.200. The van der Waals surface area contributed by atoms with Crippen LogP contribution in [0.25, 0.3) is 0 Å². The van der Waals surface area contributed by atoms with Crippen molar-refractivity contribution in [1.29, 1.82) is 0 Å². The van der Waals surface area contributed by atoms with Crippen molar-refractivity contribution < 1.29 is 0 Å². The second-order valence-electron chi connectivity index (χ2n) is 1.96. The van der Waals surface area contributed by atoms with E-state index in [1.54, 1.807) is 0 Å². The van der Waals surface area contributed by atoms with Crippen LogP contribution in [0, 0.1) is 0 Å². The van der Waals surface area contributed by atoms with Gasteiger partial charge in [-0.1, -0.05) is 0 Å². The van der Waals surface area contributed by atoms with Crippen molar-refractivity contribution >= 4 is 0 Å². The summed E-state index contributed by atoms with van der Waals surface area (Å²) in [5.41, 5.74) is 10.4. The lowest BCUT2D eigenvalue weighted by Gasteiger charge is -2.13. The quantitative estimate of drug-likeness (QED) is 0.219. The maximum Gasteiger partial charge on any atom is 0.0562 e. The highest BCUT2D eigenvalue weighted by Crippen LogP contribution is 1.67. The molecule has 0 saturated heterocycles. The monoisotopic (exact) mass is 147 g/mol. The molecule has 1 unspecified atom stereocenters. The van der Waals surface area contributed by atoms with E-state index < -0.39 is 0 Å². The number of nitrogens with two attached hydrogens (primary N) is 2. The van der Waals surface area contributed by atoms with E-state index in [1.807, 2.05) is 6.92 Å². The second kappa shape index (κ2) is 6.91. The molecule has 62 valence electrons. The van der Waals surface area contributed by atoms with E-state index in [2.05, 4.69) is 16.0 Å². The van der Waals surface area contributed by atoms with Crippen LogP contribution in [0.4, 0.5) is 0 Å². The Morgan fingerprint density at radius 2 is 1.90 bits per heavy atom. The Balaban J connectivity index is 2.97.